The van der Waals surface area contributed by atoms with E-state index in [1.807, 2.05) is 24.3 Å². The van der Waals surface area contributed by atoms with E-state index in [9.17, 15) is 4.79 Å². The Morgan fingerprint density at radius 2 is 2.20 bits per heavy atom. The molecule has 0 radical (unpaired) electrons. The first-order valence-corrected chi connectivity index (χ1v) is 6.19. The van der Waals surface area contributed by atoms with E-state index >= 15 is 0 Å². The quantitative estimate of drug-likeness (QED) is 0.848. The summed E-state index contributed by atoms with van der Waals surface area (Å²) in [7, 11) is 3.40. The Morgan fingerprint density at radius 3 is 2.85 bits per heavy atom. The average Bonchev–Trinajstić information content (AvgIpc) is 2.86. The number of ether oxygens (including phenoxy) is 1. The van der Waals surface area contributed by atoms with Crippen LogP contribution in [0.1, 0.15) is 16.1 Å². The fraction of sp³-hybridized carbons (Fsp3) is 0.200. The summed E-state index contributed by atoms with van der Waals surface area (Å²) in [6, 6.07) is 11.1. The van der Waals surface area contributed by atoms with Crippen molar-refractivity contribution >= 4 is 18.4 Å². The number of aromatic nitrogens is 1. The summed E-state index contributed by atoms with van der Waals surface area (Å²) in [5.41, 5.74) is 1.53. The van der Waals surface area contributed by atoms with Crippen LogP contribution in [0.25, 0.3) is 0 Å². The predicted octanol–water partition coefficient (Wildman–Crippen LogP) is 2.30. The highest BCUT2D eigenvalue weighted by Gasteiger charge is 2.11. The Morgan fingerprint density at radius 1 is 1.40 bits per heavy atom. The maximum absolute atomic E-state index is 12.1. The first-order chi connectivity index (χ1) is 9.65. The molecular formula is C15H17N3O2. The Labute approximate surface area is 117 Å². The Kier molecular flexibility index (Phi) is 4.20. The van der Waals surface area contributed by atoms with E-state index in [1.54, 1.807) is 30.9 Å². The standard InChI is InChI=1S/C15H17N3O2/c1-16-14-8-7-13(18(14)2)15(19)17-10-11-5-4-6-12(9-11)20-3/h4-9H,1,10H2,2-3H3,(H,17,19). The van der Waals surface area contributed by atoms with Crippen LogP contribution in [0.15, 0.2) is 41.4 Å². The number of benzene rings is 1. The second kappa shape index (κ2) is 6.06. The van der Waals surface area contributed by atoms with E-state index in [2.05, 4.69) is 17.0 Å². The molecule has 5 heteroatoms. The van der Waals surface area contributed by atoms with E-state index in [1.165, 1.54) is 0 Å². The lowest BCUT2D eigenvalue weighted by atomic mass is 10.2. The van der Waals surface area contributed by atoms with Crippen molar-refractivity contribution in [1.29, 1.82) is 0 Å². The summed E-state index contributed by atoms with van der Waals surface area (Å²) in [5.74, 6) is 1.29. The number of rotatable bonds is 5. The van der Waals surface area contributed by atoms with Crippen molar-refractivity contribution in [3.63, 3.8) is 0 Å². The minimum absolute atomic E-state index is 0.148. The molecular weight excluding hydrogens is 254 g/mol. The summed E-state index contributed by atoms with van der Waals surface area (Å²) in [5, 5.41) is 2.87. The van der Waals surface area contributed by atoms with Gasteiger partial charge in [0.15, 0.2) is 0 Å². The maximum Gasteiger partial charge on any atom is 0.268 e. The molecule has 1 aromatic carbocycles. The summed E-state index contributed by atoms with van der Waals surface area (Å²) in [6.07, 6.45) is 0. The molecule has 0 saturated carbocycles. The van der Waals surface area contributed by atoms with Gasteiger partial charge in [-0.15, -0.1) is 0 Å². The smallest absolute Gasteiger partial charge is 0.268 e. The number of nitrogens with one attached hydrogen (secondary N) is 1. The van der Waals surface area contributed by atoms with Crippen molar-refractivity contribution in [1.82, 2.24) is 9.88 Å². The van der Waals surface area contributed by atoms with Crippen LogP contribution in [-0.2, 0) is 13.6 Å². The number of hydrogen-bond acceptors (Lipinski definition) is 3. The van der Waals surface area contributed by atoms with Crippen LogP contribution >= 0.6 is 0 Å². The highest BCUT2D eigenvalue weighted by Crippen LogP contribution is 2.16. The van der Waals surface area contributed by atoms with Crippen molar-refractivity contribution in [3.05, 3.63) is 47.7 Å². The fourth-order valence-corrected chi connectivity index (χ4v) is 1.94. The largest absolute Gasteiger partial charge is 0.497 e. The summed E-state index contributed by atoms with van der Waals surface area (Å²) >= 11 is 0. The molecule has 2 rings (SSSR count). The Balaban J connectivity index is 2.04. The van der Waals surface area contributed by atoms with E-state index < -0.39 is 0 Å². The van der Waals surface area contributed by atoms with Gasteiger partial charge in [0, 0.05) is 13.6 Å². The number of carbonyl (C=O) groups is 1. The molecule has 0 atom stereocenters. The van der Waals surface area contributed by atoms with Gasteiger partial charge in [-0.05, 0) is 36.5 Å². The molecule has 0 spiro atoms. The van der Waals surface area contributed by atoms with Crippen molar-refractivity contribution in [2.45, 2.75) is 6.54 Å². The first kappa shape index (κ1) is 13.9. The lowest BCUT2D eigenvalue weighted by Crippen LogP contribution is -2.24. The van der Waals surface area contributed by atoms with Crippen LogP contribution in [0.3, 0.4) is 0 Å². The second-order valence-electron chi connectivity index (χ2n) is 4.33. The normalized spacial score (nSPS) is 10.1. The molecule has 0 unspecified atom stereocenters. The van der Waals surface area contributed by atoms with E-state index in [0.717, 1.165) is 11.3 Å². The first-order valence-electron chi connectivity index (χ1n) is 6.19. The second-order valence-corrected chi connectivity index (χ2v) is 4.33. The molecule has 104 valence electrons. The van der Waals surface area contributed by atoms with Crippen molar-refractivity contribution in [3.8, 4) is 5.75 Å². The highest BCUT2D eigenvalue weighted by molar-refractivity contribution is 5.93. The lowest BCUT2D eigenvalue weighted by Gasteiger charge is -2.08. The molecule has 0 bridgehead atoms. The number of carbonyl (C=O) groups excluding carboxylic acids is 1. The number of hydrogen-bond donors (Lipinski definition) is 1. The molecule has 0 aliphatic rings. The van der Waals surface area contributed by atoms with Crippen LogP contribution in [0, 0.1) is 0 Å². The van der Waals surface area contributed by atoms with Crippen molar-refractivity contribution in [2.75, 3.05) is 7.11 Å². The zero-order valence-corrected chi connectivity index (χ0v) is 11.6. The summed E-state index contributed by atoms with van der Waals surface area (Å²) in [6.45, 7) is 3.90. The molecule has 0 aliphatic carbocycles. The summed E-state index contributed by atoms with van der Waals surface area (Å²) in [4.78, 5) is 15.9. The van der Waals surface area contributed by atoms with Gasteiger partial charge in [-0.1, -0.05) is 12.1 Å². The van der Waals surface area contributed by atoms with Gasteiger partial charge in [-0.25, -0.2) is 4.99 Å². The van der Waals surface area contributed by atoms with Gasteiger partial charge in [0.05, 0.1) is 7.11 Å². The lowest BCUT2D eigenvalue weighted by molar-refractivity contribution is 0.0943. The number of methoxy groups -OCH3 is 1. The van der Waals surface area contributed by atoms with Gasteiger partial charge in [0.25, 0.3) is 5.91 Å². The minimum atomic E-state index is -0.148. The molecule has 1 amide bonds. The molecule has 1 heterocycles. The minimum Gasteiger partial charge on any atom is -0.497 e. The van der Waals surface area contributed by atoms with Crippen LogP contribution in [0.5, 0.6) is 5.75 Å². The van der Waals surface area contributed by atoms with Crippen LogP contribution in [0.2, 0.25) is 0 Å². The average molecular weight is 271 g/mol. The molecule has 1 N–H and O–H groups in total. The third-order valence-electron chi connectivity index (χ3n) is 3.08. The van der Waals surface area contributed by atoms with E-state index in [-0.39, 0.29) is 5.91 Å². The molecule has 20 heavy (non-hydrogen) atoms. The Hall–Kier alpha value is -2.56. The third kappa shape index (κ3) is 2.88. The van der Waals surface area contributed by atoms with Gasteiger partial charge in [-0.2, -0.15) is 0 Å². The van der Waals surface area contributed by atoms with Gasteiger partial charge in [0.2, 0.25) is 0 Å². The van der Waals surface area contributed by atoms with Gasteiger partial charge < -0.3 is 14.6 Å². The third-order valence-corrected chi connectivity index (χ3v) is 3.08. The Bertz CT molecular complexity index is 632. The molecule has 1 aromatic heterocycles. The molecule has 0 fully saturated rings. The molecule has 0 saturated heterocycles. The number of nitrogens with zero attached hydrogens (tertiary/aromatic N) is 2. The molecule has 0 aliphatic heterocycles. The van der Waals surface area contributed by atoms with Crippen LogP contribution < -0.4 is 10.1 Å². The molecule has 2 aromatic rings. The van der Waals surface area contributed by atoms with E-state index in [0.29, 0.717) is 18.1 Å². The van der Waals surface area contributed by atoms with Crippen molar-refractivity contribution in [2.24, 2.45) is 12.0 Å². The van der Waals surface area contributed by atoms with E-state index in [4.69, 9.17) is 4.74 Å². The van der Waals surface area contributed by atoms with Gasteiger partial charge >= 0.3 is 0 Å². The SMILES string of the molecule is C=Nc1ccc(C(=O)NCc2cccc(OC)c2)n1C. The van der Waals surface area contributed by atoms with Crippen LogP contribution in [-0.4, -0.2) is 24.3 Å². The van der Waals surface area contributed by atoms with Gasteiger partial charge in [0.1, 0.15) is 17.3 Å². The fourth-order valence-electron chi connectivity index (χ4n) is 1.94. The van der Waals surface area contributed by atoms with Crippen LogP contribution in [0.4, 0.5) is 5.82 Å². The summed E-state index contributed by atoms with van der Waals surface area (Å²) < 4.78 is 6.85. The topological polar surface area (TPSA) is 55.6 Å². The predicted molar refractivity (Wildman–Crippen MR) is 78.8 cm³/mol. The number of aliphatic imine (C=N–C) groups is 1. The van der Waals surface area contributed by atoms with Crippen molar-refractivity contribution < 1.29 is 9.53 Å². The zero-order valence-electron chi connectivity index (χ0n) is 11.6. The zero-order chi connectivity index (χ0) is 14.5. The van der Waals surface area contributed by atoms with Gasteiger partial charge in [-0.3, -0.25) is 4.79 Å². The number of amides is 1. The monoisotopic (exact) mass is 271 g/mol. The highest BCUT2D eigenvalue weighted by atomic mass is 16.5. The maximum atomic E-state index is 12.1. The molecule has 5 nitrogen and oxygen atoms in total.